The number of phosphoric acid groups is 1. The lowest BCUT2D eigenvalue weighted by Crippen LogP contribution is -2.67. The number of nitrogens with one attached hydrogen (secondary N) is 1. The van der Waals surface area contributed by atoms with Crippen LogP contribution in [0.15, 0.2) is 0 Å². The molecule has 494 valence electrons. The van der Waals surface area contributed by atoms with E-state index >= 15 is 0 Å². The van der Waals surface area contributed by atoms with Crippen molar-refractivity contribution in [3.63, 3.8) is 0 Å². The molecule has 6 aliphatic rings. The van der Waals surface area contributed by atoms with Crippen LogP contribution in [0.3, 0.4) is 0 Å². The summed E-state index contributed by atoms with van der Waals surface area (Å²) in [6, 6.07) is 0. The molecule has 6 saturated heterocycles. The van der Waals surface area contributed by atoms with Crippen LogP contribution >= 0.6 is 16.5 Å². The highest BCUT2D eigenvalue weighted by molar-refractivity contribution is 7.43. The largest absolute Gasteiger partial charge is 0.790 e. The van der Waals surface area contributed by atoms with Gasteiger partial charge in [-0.2, -0.15) is 0 Å². The number of hydrogen-bond acceptors (Lipinski definition) is 38. The van der Waals surface area contributed by atoms with E-state index in [9.17, 15) is 111 Å². The number of aliphatic hydroxyl groups is 17. The summed E-state index contributed by atoms with van der Waals surface area (Å²) in [5, 5.41) is 194. The second kappa shape index (κ2) is 35.1. The first-order valence-electron chi connectivity index (χ1n) is 25.7. The molecular weight excluding hydrogens is 1200 g/mol. The van der Waals surface area contributed by atoms with Gasteiger partial charge in [-0.05, 0) is 6.42 Å². The molecule has 0 aromatic carbocycles. The number of carbonyl (C=O) groups excluding carboxylic acids is 1. The molecule has 6 fully saturated rings. The third-order valence-electron chi connectivity index (χ3n) is 13.9. The second-order valence-corrected chi connectivity index (χ2v) is 20.9. The standard InChI is InChI=1S/C37H65O35P.C6H13NO.HO2P/c1-59-32-28(54)29(70-37-31(24(50)15(41)9(3-39)65-37)72-35-27(53)22(48)18(44)13(69-35)7-63-73(56,57)58)19(45)11(66-32)5-60-33-25(51)20(46)16(42)10(67-33)4-61-36-30(23(49)14(40)8(2-38)64-36)71-34-26(52)21(47)17(43)12(68-34)6-62-55;1-3-4-5-6(8)7-2;1-3-2/h8-55H,2-7H2,1H3,(H2,56,57,58);3-5H2,1-2H3,(H,7,8);(H,1,2)/p-4/t8?,9?,10?,11?,12?,13?,14-,15-,16-,17-,18-,19-,20+,21+,22+,23+,24+,25?,26?,27?,28?,29+,30?,31?,32-,33+,34-,35-,36+,37-;;/m1../s1. The average Bonchev–Trinajstić information content (AvgIpc) is 3.63. The van der Waals surface area contributed by atoms with Crippen LogP contribution in [0.2, 0.25) is 0 Å². The fourth-order valence-corrected chi connectivity index (χ4v) is 9.43. The average molecular weight is 1280 g/mol. The molecule has 0 aromatic rings. The molecule has 6 rings (SSSR count). The van der Waals surface area contributed by atoms with E-state index in [1.807, 2.05) is 0 Å². The molecule has 6 heterocycles. The lowest BCUT2D eigenvalue weighted by atomic mass is 9.96. The van der Waals surface area contributed by atoms with Crippen LogP contribution in [0.25, 0.3) is 0 Å². The van der Waals surface area contributed by atoms with Crippen LogP contribution in [0.1, 0.15) is 26.2 Å². The molecule has 0 radical (unpaired) electrons. The van der Waals surface area contributed by atoms with Crippen molar-refractivity contribution in [3.8, 4) is 0 Å². The van der Waals surface area contributed by atoms with Gasteiger partial charge in [0.25, 0.3) is 0 Å². The van der Waals surface area contributed by atoms with Crippen molar-refractivity contribution in [2.45, 2.75) is 210 Å². The predicted octanol–water partition coefficient (Wildman–Crippen LogP) is -14.8. The number of amides is 1. The minimum absolute atomic E-state index is 0.145. The Morgan fingerprint density at radius 2 is 0.869 bits per heavy atom. The number of rotatable bonds is 23. The summed E-state index contributed by atoms with van der Waals surface area (Å²) in [7, 11) is -4.06. The summed E-state index contributed by atoms with van der Waals surface area (Å²) < 4.78 is 90.2. The lowest BCUT2D eigenvalue weighted by Gasteiger charge is -2.48. The van der Waals surface area contributed by atoms with Crippen LogP contribution in [0.4, 0.5) is 0 Å². The Labute approximate surface area is 478 Å². The number of aliphatic hydroxyl groups excluding tert-OH is 17. The predicted molar refractivity (Wildman–Crippen MR) is 250 cm³/mol. The van der Waals surface area contributed by atoms with Gasteiger partial charge in [0, 0.05) is 20.6 Å². The van der Waals surface area contributed by atoms with E-state index in [4.69, 9.17) is 66.3 Å². The SMILES string of the molecule is CCCCC(=O)NC.CO[C@@H]1OC(CO[C@H]2OC(CO[C@H]3OC(CO)[C@@H](O)[C@H](O)C3O[C@H]3OC(CO[O-])[C@@H](O)[C@H](O)C3O)[C@@H](O)[C@H](O)C2O)[C@@H](O)[C@H](O[C@H]2OC(CO)[C@@H](O)[C@H](O)C2O[C@H]2OC(COP(=O)([O-])[O-])[C@@H](O)[C@H](O)C2O)C1O.O=P[O-]. The number of hydrogen-bond donors (Lipinski definition) is 18. The Balaban J connectivity index is 0.00000125. The Kier molecular flexibility index (Phi) is 31.3. The minimum atomic E-state index is -5.68. The normalized spacial score (nSPS) is 44.7. The third-order valence-corrected chi connectivity index (χ3v) is 14.4. The maximum atomic E-state index is 11.6. The van der Waals surface area contributed by atoms with Crippen LogP contribution in [0, 0.1) is 0 Å². The van der Waals surface area contributed by atoms with E-state index in [1.54, 1.807) is 7.05 Å². The molecule has 1 amide bonds. The van der Waals surface area contributed by atoms with Crippen molar-refractivity contribution < 1.29 is 187 Å². The molecule has 12 unspecified atom stereocenters. The first-order valence-corrected chi connectivity index (χ1v) is 27.9. The highest BCUT2D eigenvalue weighted by Gasteiger charge is 2.56. The van der Waals surface area contributed by atoms with E-state index < -0.39 is 240 Å². The summed E-state index contributed by atoms with van der Waals surface area (Å²) in [6.07, 6.45) is -55.8. The monoisotopic (exact) mass is 1280 g/mol. The van der Waals surface area contributed by atoms with Crippen molar-refractivity contribution in [2.75, 3.05) is 53.8 Å². The molecule has 0 saturated carbocycles. The van der Waals surface area contributed by atoms with Gasteiger partial charge >= 0.3 is 0 Å². The molecule has 0 aliphatic carbocycles. The first kappa shape index (κ1) is 74.9. The van der Waals surface area contributed by atoms with Gasteiger partial charge in [0.2, 0.25) is 5.91 Å². The summed E-state index contributed by atoms with van der Waals surface area (Å²) in [5.41, 5.74) is 0. The van der Waals surface area contributed by atoms with Crippen molar-refractivity contribution in [1.82, 2.24) is 5.32 Å². The molecular formula is C43H75NO38P2-4. The number of phosphoric ester groups is 1. The van der Waals surface area contributed by atoms with E-state index in [0.29, 0.717) is 6.42 Å². The minimum Gasteiger partial charge on any atom is -0.790 e. The second-order valence-electron chi connectivity index (χ2n) is 19.6. The molecule has 41 heteroatoms. The molecule has 39 nitrogen and oxygen atoms in total. The molecule has 0 aromatic heterocycles. The lowest BCUT2D eigenvalue weighted by molar-refractivity contribution is -0.692. The molecule has 0 spiro atoms. The highest BCUT2D eigenvalue weighted by Crippen LogP contribution is 2.36. The van der Waals surface area contributed by atoms with Gasteiger partial charge in [-0.1, -0.05) is 13.3 Å². The van der Waals surface area contributed by atoms with Gasteiger partial charge in [0.15, 0.2) is 37.7 Å². The fourth-order valence-electron chi connectivity index (χ4n) is 9.10. The molecule has 30 atom stereocenters. The van der Waals surface area contributed by atoms with Gasteiger partial charge in [0.05, 0.1) is 56.2 Å². The van der Waals surface area contributed by atoms with Crippen molar-refractivity contribution >= 4 is 22.4 Å². The molecule has 18 N–H and O–H groups in total. The maximum absolute atomic E-state index is 11.6. The quantitative estimate of drug-likeness (QED) is 0.0257. The first-order chi connectivity index (χ1) is 39.6. The van der Waals surface area contributed by atoms with E-state index in [1.165, 1.54) is 0 Å². The van der Waals surface area contributed by atoms with Gasteiger partial charge in [0.1, 0.15) is 146 Å². The molecule has 0 bridgehead atoms. The topological polar surface area (TPSA) is 629 Å². The number of ether oxygens (including phenoxy) is 12. The van der Waals surface area contributed by atoms with Gasteiger partial charge < -0.3 is 183 Å². The number of unbranched alkanes of at least 4 members (excludes halogenated alkanes) is 1. The summed E-state index contributed by atoms with van der Waals surface area (Å²) in [6.45, 7) is -3.63. The summed E-state index contributed by atoms with van der Waals surface area (Å²) >= 11 is 0. The Bertz CT molecular complexity index is 1960. The van der Waals surface area contributed by atoms with Crippen LogP contribution in [-0.4, -0.2) is 331 Å². The van der Waals surface area contributed by atoms with E-state index in [-0.39, 0.29) is 5.91 Å². The van der Waals surface area contributed by atoms with E-state index in [0.717, 1.165) is 20.0 Å². The zero-order valence-corrected chi connectivity index (χ0v) is 46.5. The summed E-state index contributed by atoms with van der Waals surface area (Å²) in [5.74, 6) is 0.145. The van der Waals surface area contributed by atoms with E-state index in [2.05, 4.69) is 21.7 Å². The van der Waals surface area contributed by atoms with Crippen LogP contribution in [0.5, 0.6) is 0 Å². The summed E-state index contributed by atoms with van der Waals surface area (Å²) in [4.78, 5) is 44.7. The maximum Gasteiger partial charge on any atom is 0.219 e. The Morgan fingerprint density at radius 3 is 1.31 bits per heavy atom. The zero-order chi connectivity index (χ0) is 63.1. The van der Waals surface area contributed by atoms with Gasteiger partial charge in [-0.25, -0.2) is 0 Å². The smallest absolute Gasteiger partial charge is 0.219 e. The van der Waals surface area contributed by atoms with Crippen LogP contribution < -0.4 is 25.3 Å². The van der Waals surface area contributed by atoms with Gasteiger partial charge in [-0.15, -0.1) is 0 Å². The molecule has 84 heavy (non-hydrogen) atoms. The Hall–Kier alpha value is -1.60. The van der Waals surface area contributed by atoms with Crippen molar-refractivity contribution in [2.24, 2.45) is 0 Å². The fraction of sp³-hybridized carbons (Fsp3) is 0.977. The number of carbonyl (C=O) groups is 1. The van der Waals surface area contributed by atoms with Gasteiger partial charge in [-0.3, -0.25) is 9.36 Å². The zero-order valence-electron chi connectivity index (χ0n) is 44.8. The number of methoxy groups -OCH3 is 1. The Morgan fingerprint density at radius 1 is 0.500 bits per heavy atom. The van der Waals surface area contributed by atoms with Crippen molar-refractivity contribution in [3.05, 3.63) is 0 Å². The third kappa shape index (κ3) is 19.5. The highest BCUT2D eigenvalue weighted by atomic mass is 31.2. The van der Waals surface area contributed by atoms with Crippen molar-refractivity contribution in [1.29, 1.82) is 0 Å². The van der Waals surface area contributed by atoms with Crippen LogP contribution in [-0.2, 0) is 80.2 Å². The molecule has 6 aliphatic heterocycles.